The Kier molecular flexibility index (Phi) is 4.71. The lowest BCUT2D eigenvalue weighted by atomic mass is 10.1. The minimum Gasteiger partial charge on any atom is -0.462 e. The summed E-state index contributed by atoms with van der Waals surface area (Å²) in [7, 11) is 0. The summed E-state index contributed by atoms with van der Waals surface area (Å²) in [6.45, 7) is 5.45. The van der Waals surface area contributed by atoms with E-state index in [-0.39, 0.29) is 41.5 Å². The van der Waals surface area contributed by atoms with E-state index >= 15 is 0 Å². The van der Waals surface area contributed by atoms with Crippen LogP contribution in [-0.4, -0.2) is 32.3 Å². The van der Waals surface area contributed by atoms with Gasteiger partial charge in [0.25, 0.3) is 5.56 Å². The van der Waals surface area contributed by atoms with Crippen molar-refractivity contribution in [1.82, 2.24) is 19.7 Å². The van der Waals surface area contributed by atoms with Gasteiger partial charge in [-0.1, -0.05) is 35.0 Å². The van der Waals surface area contributed by atoms with Crippen LogP contribution in [0.25, 0.3) is 22.5 Å². The fourth-order valence-electron chi connectivity index (χ4n) is 2.98. The summed E-state index contributed by atoms with van der Waals surface area (Å²) in [5, 5.41) is 4.04. The topological polar surface area (TPSA) is 113 Å². The Morgan fingerprint density at radius 3 is 2.69 bits per heavy atom. The van der Waals surface area contributed by atoms with E-state index in [4.69, 9.17) is 13.7 Å². The van der Waals surface area contributed by atoms with Crippen molar-refractivity contribution >= 4 is 17.1 Å². The third kappa shape index (κ3) is 3.42. The summed E-state index contributed by atoms with van der Waals surface area (Å²) in [5.74, 6) is 0.315. The molecule has 0 aliphatic rings. The van der Waals surface area contributed by atoms with Gasteiger partial charge in [0.05, 0.1) is 6.61 Å². The number of carbonyl (C=O) groups is 1. The molecule has 0 amide bonds. The van der Waals surface area contributed by atoms with Crippen molar-refractivity contribution in [3.05, 3.63) is 63.7 Å². The summed E-state index contributed by atoms with van der Waals surface area (Å²) in [5.41, 5.74) is 1.64. The van der Waals surface area contributed by atoms with Crippen LogP contribution < -0.4 is 5.56 Å². The molecule has 3 aromatic heterocycles. The molecule has 0 N–H and O–H groups in total. The molecule has 4 aromatic rings. The van der Waals surface area contributed by atoms with E-state index < -0.39 is 11.5 Å². The van der Waals surface area contributed by atoms with E-state index in [1.54, 1.807) is 13.8 Å². The number of aryl methyl sites for hydroxylation is 2. The monoisotopic (exact) mass is 394 g/mol. The molecule has 0 spiro atoms. The van der Waals surface area contributed by atoms with Gasteiger partial charge in [0, 0.05) is 5.56 Å². The predicted octanol–water partition coefficient (Wildman–Crippen LogP) is 2.88. The van der Waals surface area contributed by atoms with Gasteiger partial charge in [0.2, 0.25) is 17.4 Å². The zero-order valence-electron chi connectivity index (χ0n) is 16.1. The lowest BCUT2D eigenvalue weighted by Gasteiger charge is -2.02. The van der Waals surface area contributed by atoms with Gasteiger partial charge in [0.15, 0.2) is 0 Å². The number of esters is 1. The molecule has 4 rings (SSSR count). The molecule has 9 nitrogen and oxygen atoms in total. The van der Waals surface area contributed by atoms with Crippen LogP contribution in [0.4, 0.5) is 0 Å². The smallest absolute Gasteiger partial charge is 0.342 e. The molecular formula is C20H18N4O5. The number of ether oxygens (including phenoxy) is 1. The van der Waals surface area contributed by atoms with Crippen molar-refractivity contribution in [2.24, 2.45) is 0 Å². The number of aromatic nitrogens is 4. The number of furan rings is 1. The number of hydrogen-bond donors (Lipinski definition) is 0. The first kappa shape index (κ1) is 18.6. The van der Waals surface area contributed by atoms with Crippen LogP contribution in [0.2, 0.25) is 0 Å². The van der Waals surface area contributed by atoms with Crippen molar-refractivity contribution < 1.29 is 18.5 Å². The van der Waals surface area contributed by atoms with Crippen molar-refractivity contribution in [2.45, 2.75) is 27.3 Å². The molecule has 0 radical (unpaired) electrons. The molecule has 0 atom stereocenters. The highest BCUT2D eigenvalue weighted by atomic mass is 16.5. The Labute approximate surface area is 164 Å². The van der Waals surface area contributed by atoms with Crippen LogP contribution in [0, 0.1) is 13.8 Å². The number of rotatable bonds is 5. The first-order valence-electron chi connectivity index (χ1n) is 9.03. The fraction of sp³-hybridized carbons (Fsp3) is 0.250. The molecule has 0 bridgehead atoms. The number of nitrogens with zero attached hydrogens (tertiary/aromatic N) is 4. The highest BCUT2D eigenvalue weighted by molar-refractivity contribution is 6.03. The second-order valence-electron chi connectivity index (χ2n) is 6.49. The Morgan fingerprint density at radius 2 is 1.97 bits per heavy atom. The molecule has 0 aliphatic heterocycles. The molecule has 0 saturated heterocycles. The maximum Gasteiger partial charge on any atom is 0.342 e. The molecule has 0 unspecified atom stereocenters. The molecule has 29 heavy (non-hydrogen) atoms. The van der Waals surface area contributed by atoms with Gasteiger partial charge in [-0.05, 0) is 20.8 Å². The SMILES string of the molecule is CCOC(=O)c1c(C)oc2ncn(Cc3nc(-c4ccc(C)cc4)no3)c(=O)c12. The van der Waals surface area contributed by atoms with Crippen LogP contribution in [0.1, 0.15) is 34.5 Å². The van der Waals surface area contributed by atoms with Crippen molar-refractivity contribution in [2.75, 3.05) is 6.61 Å². The molecule has 0 fully saturated rings. The molecule has 0 aliphatic carbocycles. The maximum absolute atomic E-state index is 13.0. The van der Waals surface area contributed by atoms with E-state index in [0.717, 1.165) is 11.1 Å². The Hall–Kier alpha value is -3.75. The Morgan fingerprint density at radius 1 is 1.21 bits per heavy atom. The van der Waals surface area contributed by atoms with E-state index in [2.05, 4.69) is 15.1 Å². The quantitative estimate of drug-likeness (QED) is 0.475. The van der Waals surface area contributed by atoms with Gasteiger partial charge < -0.3 is 13.7 Å². The largest absolute Gasteiger partial charge is 0.462 e. The Bertz CT molecular complexity index is 1250. The standard InChI is InChI=1S/C20H18N4O5/c1-4-27-20(26)15-12(3)28-18-16(15)19(25)24(10-21-18)9-14-22-17(23-29-14)13-7-5-11(2)6-8-13/h5-8,10H,4,9H2,1-3H3. The van der Waals surface area contributed by atoms with Crippen LogP contribution in [0.3, 0.4) is 0 Å². The summed E-state index contributed by atoms with van der Waals surface area (Å²) in [4.78, 5) is 33.7. The lowest BCUT2D eigenvalue weighted by molar-refractivity contribution is 0.0526. The fourth-order valence-corrected chi connectivity index (χ4v) is 2.98. The van der Waals surface area contributed by atoms with Crippen molar-refractivity contribution in [1.29, 1.82) is 0 Å². The van der Waals surface area contributed by atoms with E-state index in [9.17, 15) is 9.59 Å². The molecular weight excluding hydrogens is 376 g/mol. The maximum atomic E-state index is 13.0. The molecule has 9 heteroatoms. The number of benzene rings is 1. The van der Waals surface area contributed by atoms with Crippen molar-refractivity contribution in [3.8, 4) is 11.4 Å². The molecule has 0 saturated carbocycles. The van der Waals surface area contributed by atoms with Crippen LogP contribution in [-0.2, 0) is 11.3 Å². The van der Waals surface area contributed by atoms with Crippen LogP contribution >= 0.6 is 0 Å². The number of carbonyl (C=O) groups excluding carboxylic acids is 1. The molecule has 1 aromatic carbocycles. The third-order valence-corrected chi connectivity index (χ3v) is 4.42. The summed E-state index contributed by atoms with van der Waals surface area (Å²) < 4.78 is 17.0. The van der Waals surface area contributed by atoms with Gasteiger partial charge in [-0.15, -0.1) is 0 Å². The second kappa shape index (κ2) is 7.34. The van der Waals surface area contributed by atoms with Gasteiger partial charge in [-0.2, -0.15) is 4.98 Å². The minimum absolute atomic E-state index is 0.00707. The Balaban J connectivity index is 1.69. The van der Waals surface area contributed by atoms with Crippen LogP contribution in [0.15, 0.2) is 44.3 Å². The normalized spacial score (nSPS) is 11.1. The minimum atomic E-state index is -0.625. The summed E-state index contributed by atoms with van der Waals surface area (Å²) in [6, 6.07) is 7.69. The van der Waals surface area contributed by atoms with Crippen molar-refractivity contribution in [3.63, 3.8) is 0 Å². The average Bonchev–Trinajstić information content (AvgIpc) is 3.29. The average molecular weight is 394 g/mol. The molecule has 3 heterocycles. The van der Waals surface area contributed by atoms with E-state index in [0.29, 0.717) is 5.82 Å². The summed E-state index contributed by atoms with van der Waals surface area (Å²) in [6.07, 6.45) is 1.32. The van der Waals surface area contributed by atoms with Gasteiger partial charge in [-0.3, -0.25) is 9.36 Å². The lowest BCUT2D eigenvalue weighted by Crippen LogP contribution is -2.22. The highest BCUT2D eigenvalue weighted by Crippen LogP contribution is 2.22. The number of hydrogen-bond acceptors (Lipinski definition) is 8. The third-order valence-electron chi connectivity index (χ3n) is 4.42. The van der Waals surface area contributed by atoms with E-state index in [1.807, 2.05) is 31.2 Å². The van der Waals surface area contributed by atoms with E-state index in [1.165, 1.54) is 10.9 Å². The predicted molar refractivity (Wildman–Crippen MR) is 103 cm³/mol. The first-order chi connectivity index (χ1) is 14.0. The first-order valence-corrected chi connectivity index (χ1v) is 9.03. The number of fused-ring (bicyclic) bond motifs is 1. The highest BCUT2D eigenvalue weighted by Gasteiger charge is 2.24. The van der Waals surface area contributed by atoms with Crippen LogP contribution in [0.5, 0.6) is 0 Å². The van der Waals surface area contributed by atoms with Gasteiger partial charge in [-0.25, -0.2) is 9.78 Å². The van der Waals surface area contributed by atoms with Gasteiger partial charge >= 0.3 is 5.97 Å². The zero-order valence-corrected chi connectivity index (χ0v) is 16.1. The molecule has 148 valence electrons. The second-order valence-corrected chi connectivity index (χ2v) is 6.49. The zero-order chi connectivity index (χ0) is 20.5. The summed E-state index contributed by atoms with van der Waals surface area (Å²) >= 11 is 0. The van der Waals surface area contributed by atoms with Gasteiger partial charge in [0.1, 0.15) is 29.6 Å².